The van der Waals surface area contributed by atoms with Crippen molar-refractivity contribution in [3.63, 3.8) is 0 Å². The molecule has 0 aliphatic heterocycles. The molecule has 2 nitrogen and oxygen atoms in total. The van der Waals surface area contributed by atoms with Crippen molar-refractivity contribution in [3.05, 3.63) is 104 Å². The largest absolute Gasteiger partial charge is 0.311 e. The Morgan fingerprint density at radius 1 is 0.815 bits per heavy atom. The molecule has 0 radical (unpaired) electrons. The minimum Gasteiger partial charge on any atom is -0.311 e. The van der Waals surface area contributed by atoms with E-state index < -0.39 is 0 Å². The summed E-state index contributed by atoms with van der Waals surface area (Å²) in [4.78, 5) is 12.4. The minimum absolute atomic E-state index is 0.0390. The van der Waals surface area contributed by atoms with Gasteiger partial charge in [-0.15, -0.1) is 0 Å². The first kappa shape index (κ1) is 17.8. The van der Waals surface area contributed by atoms with Crippen molar-refractivity contribution in [1.29, 1.82) is 0 Å². The smallest absolute Gasteiger partial charge is 0.251 e. The number of pyridine rings is 1. The monoisotopic (exact) mass is 393 g/mol. The SMILES string of the molecule is Cn1c(=O)cc(-c2cccc(Cl)c2)c2cc(Cc3ccc(Cl)cc3)ccc21. The van der Waals surface area contributed by atoms with Gasteiger partial charge in [0.2, 0.25) is 0 Å². The molecule has 0 amide bonds. The van der Waals surface area contributed by atoms with E-state index in [4.69, 9.17) is 23.2 Å². The van der Waals surface area contributed by atoms with Crippen molar-refractivity contribution in [2.45, 2.75) is 6.42 Å². The van der Waals surface area contributed by atoms with Gasteiger partial charge in [0.15, 0.2) is 0 Å². The number of hydrogen-bond acceptors (Lipinski definition) is 1. The van der Waals surface area contributed by atoms with Crippen LogP contribution >= 0.6 is 23.2 Å². The van der Waals surface area contributed by atoms with E-state index in [2.05, 4.69) is 12.1 Å². The lowest BCUT2D eigenvalue weighted by molar-refractivity contribution is 0.906. The van der Waals surface area contributed by atoms with Crippen LogP contribution in [0.4, 0.5) is 0 Å². The number of nitrogens with zero attached hydrogens (tertiary/aromatic N) is 1. The third-order valence-electron chi connectivity index (χ3n) is 4.77. The molecule has 1 aromatic heterocycles. The van der Waals surface area contributed by atoms with Gasteiger partial charge in [-0.1, -0.05) is 53.5 Å². The Bertz CT molecular complexity index is 1190. The summed E-state index contributed by atoms with van der Waals surface area (Å²) in [7, 11) is 1.80. The summed E-state index contributed by atoms with van der Waals surface area (Å²) in [6, 6.07) is 23.4. The zero-order valence-corrected chi connectivity index (χ0v) is 16.3. The van der Waals surface area contributed by atoms with E-state index in [0.29, 0.717) is 5.02 Å². The van der Waals surface area contributed by atoms with Gasteiger partial charge >= 0.3 is 0 Å². The number of aryl methyl sites for hydroxylation is 1. The summed E-state index contributed by atoms with van der Waals surface area (Å²) in [6.07, 6.45) is 0.797. The summed E-state index contributed by atoms with van der Waals surface area (Å²) in [5, 5.41) is 2.42. The van der Waals surface area contributed by atoms with Gasteiger partial charge in [-0.2, -0.15) is 0 Å². The van der Waals surface area contributed by atoms with Crippen LogP contribution in [0.15, 0.2) is 77.6 Å². The van der Waals surface area contributed by atoms with E-state index in [9.17, 15) is 4.79 Å². The minimum atomic E-state index is -0.0390. The van der Waals surface area contributed by atoms with E-state index in [1.807, 2.05) is 54.6 Å². The van der Waals surface area contributed by atoms with Gasteiger partial charge in [0.1, 0.15) is 0 Å². The topological polar surface area (TPSA) is 22.0 Å². The molecule has 0 saturated carbocycles. The maximum absolute atomic E-state index is 12.4. The van der Waals surface area contributed by atoms with E-state index in [0.717, 1.165) is 33.5 Å². The second-order valence-corrected chi connectivity index (χ2v) is 7.49. The summed E-state index contributed by atoms with van der Waals surface area (Å²) in [6.45, 7) is 0. The number of fused-ring (bicyclic) bond motifs is 1. The Kier molecular flexibility index (Phi) is 4.77. The Balaban J connectivity index is 1.88. The molecular weight excluding hydrogens is 377 g/mol. The first-order valence-corrected chi connectivity index (χ1v) is 9.40. The van der Waals surface area contributed by atoms with Gasteiger partial charge in [0, 0.05) is 28.5 Å². The summed E-state index contributed by atoms with van der Waals surface area (Å²) < 4.78 is 1.68. The molecule has 0 unspecified atom stereocenters. The molecule has 4 rings (SSSR count). The zero-order valence-electron chi connectivity index (χ0n) is 14.7. The zero-order chi connectivity index (χ0) is 19.0. The van der Waals surface area contributed by atoms with E-state index >= 15 is 0 Å². The highest BCUT2D eigenvalue weighted by atomic mass is 35.5. The lowest BCUT2D eigenvalue weighted by atomic mass is 9.97. The fourth-order valence-corrected chi connectivity index (χ4v) is 3.67. The van der Waals surface area contributed by atoms with Gasteiger partial charge in [0.25, 0.3) is 5.56 Å². The molecule has 27 heavy (non-hydrogen) atoms. The molecule has 0 N–H and O–H groups in total. The molecule has 134 valence electrons. The Labute approximate surface area is 167 Å². The molecule has 4 heteroatoms. The van der Waals surface area contributed by atoms with Crippen molar-refractivity contribution in [1.82, 2.24) is 4.57 Å². The quantitative estimate of drug-likeness (QED) is 0.411. The number of rotatable bonds is 3. The van der Waals surface area contributed by atoms with Crippen molar-refractivity contribution >= 4 is 34.1 Å². The van der Waals surface area contributed by atoms with Crippen LogP contribution in [0.1, 0.15) is 11.1 Å². The van der Waals surface area contributed by atoms with Crippen LogP contribution < -0.4 is 5.56 Å². The van der Waals surface area contributed by atoms with E-state index in [1.54, 1.807) is 17.7 Å². The molecule has 1 heterocycles. The van der Waals surface area contributed by atoms with Gasteiger partial charge in [-0.3, -0.25) is 4.79 Å². The third-order valence-corrected chi connectivity index (χ3v) is 5.26. The molecule has 0 fully saturated rings. The number of hydrogen-bond donors (Lipinski definition) is 0. The second-order valence-electron chi connectivity index (χ2n) is 6.62. The van der Waals surface area contributed by atoms with Gasteiger partial charge in [-0.05, 0) is 65.1 Å². The van der Waals surface area contributed by atoms with Crippen LogP contribution in [0.3, 0.4) is 0 Å². The number of benzene rings is 3. The molecular formula is C23H17Cl2NO. The van der Waals surface area contributed by atoms with Crippen LogP contribution in [-0.2, 0) is 13.5 Å². The van der Waals surface area contributed by atoms with E-state index in [-0.39, 0.29) is 5.56 Å². The lowest BCUT2D eigenvalue weighted by Gasteiger charge is -2.13. The third kappa shape index (κ3) is 3.64. The standard InChI is InChI=1S/C23H17Cl2NO/c1-26-22-10-7-16(11-15-5-8-18(24)9-6-15)12-21(22)20(14-23(26)27)17-3-2-4-19(25)13-17/h2-10,12-14H,11H2,1H3. The van der Waals surface area contributed by atoms with Crippen molar-refractivity contribution < 1.29 is 0 Å². The number of halogens is 2. The first-order chi connectivity index (χ1) is 13.0. The van der Waals surface area contributed by atoms with E-state index in [1.165, 1.54) is 11.1 Å². The van der Waals surface area contributed by atoms with Crippen molar-refractivity contribution in [3.8, 4) is 11.1 Å². The molecule has 4 aromatic rings. The highest BCUT2D eigenvalue weighted by molar-refractivity contribution is 6.31. The Morgan fingerprint density at radius 3 is 2.30 bits per heavy atom. The average Bonchev–Trinajstić information content (AvgIpc) is 2.66. The fourth-order valence-electron chi connectivity index (χ4n) is 3.35. The maximum Gasteiger partial charge on any atom is 0.251 e. The average molecular weight is 394 g/mol. The molecule has 0 atom stereocenters. The van der Waals surface area contributed by atoms with Crippen LogP contribution in [0.2, 0.25) is 10.0 Å². The van der Waals surface area contributed by atoms with Crippen molar-refractivity contribution in [2.24, 2.45) is 7.05 Å². The number of aromatic nitrogens is 1. The Hall–Kier alpha value is -2.55. The van der Waals surface area contributed by atoms with Gasteiger partial charge in [0.05, 0.1) is 5.52 Å². The predicted octanol–water partition coefficient (Wildman–Crippen LogP) is 6.10. The molecule has 0 spiro atoms. The Morgan fingerprint density at radius 2 is 1.56 bits per heavy atom. The summed E-state index contributed by atoms with van der Waals surface area (Å²) in [5.41, 5.74) is 5.06. The molecule has 0 bridgehead atoms. The summed E-state index contributed by atoms with van der Waals surface area (Å²) >= 11 is 12.2. The molecule has 0 saturated heterocycles. The lowest BCUT2D eigenvalue weighted by Crippen LogP contribution is -2.16. The maximum atomic E-state index is 12.4. The summed E-state index contributed by atoms with van der Waals surface area (Å²) in [5.74, 6) is 0. The second kappa shape index (κ2) is 7.22. The highest BCUT2D eigenvalue weighted by Crippen LogP contribution is 2.30. The molecule has 0 aliphatic rings. The predicted molar refractivity (Wildman–Crippen MR) is 114 cm³/mol. The van der Waals surface area contributed by atoms with Gasteiger partial charge < -0.3 is 4.57 Å². The normalized spacial score (nSPS) is 11.1. The molecule has 3 aromatic carbocycles. The van der Waals surface area contributed by atoms with Crippen LogP contribution in [-0.4, -0.2) is 4.57 Å². The highest BCUT2D eigenvalue weighted by Gasteiger charge is 2.10. The van der Waals surface area contributed by atoms with Crippen LogP contribution in [0.5, 0.6) is 0 Å². The van der Waals surface area contributed by atoms with Crippen molar-refractivity contribution in [2.75, 3.05) is 0 Å². The first-order valence-electron chi connectivity index (χ1n) is 8.64. The molecule has 0 aliphatic carbocycles. The van der Waals surface area contributed by atoms with Crippen LogP contribution in [0, 0.1) is 0 Å². The van der Waals surface area contributed by atoms with Crippen LogP contribution in [0.25, 0.3) is 22.0 Å². The van der Waals surface area contributed by atoms with Gasteiger partial charge in [-0.25, -0.2) is 0 Å². The fraction of sp³-hybridized carbons (Fsp3) is 0.0870.